The lowest BCUT2D eigenvalue weighted by Gasteiger charge is -2.15. The van der Waals surface area contributed by atoms with Crippen LogP contribution in [0.25, 0.3) is 22.4 Å². The van der Waals surface area contributed by atoms with Crippen molar-refractivity contribution in [1.82, 2.24) is 29.9 Å². The molecule has 0 radical (unpaired) electrons. The first-order valence-electron chi connectivity index (χ1n) is 9.40. The van der Waals surface area contributed by atoms with Crippen molar-refractivity contribution >= 4 is 5.95 Å². The van der Waals surface area contributed by atoms with Crippen LogP contribution in [0.4, 0.5) is 5.95 Å². The van der Waals surface area contributed by atoms with E-state index in [0.717, 1.165) is 34.5 Å². The van der Waals surface area contributed by atoms with Crippen LogP contribution in [-0.4, -0.2) is 35.9 Å². The van der Waals surface area contributed by atoms with Crippen LogP contribution < -0.4 is 5.32 Å². The van der Waals surface area contributed by atoms with E-state index in [1.54, 1.807) is 31.0 Å². The van der Waals surface area contributed by atoms with E-state index >= 15 is 0 Å². The third kappa shape index (κ3) is 4.57. The summed E-state index contributed by atoms with van der Waals surface area (Å²) >= 11 is 0. The maximum Gasteiger partial charge on any atom is 0.223 e. The van der Waals surface area contributed by atoms with E-state index in [1.165, 1.54) is 11.9 Å². The molecule has 29 heavy (non-hydrogen) atoms. The Morgan fingerprint density at radius 1 is 0.862 bits per heavy atom. The first-order valence-corrected chi connectivity index (χ1v) is 9.40. The second-order valence-corrected chi connectivity index (χ2v) is 6.90. The lowest BCUT2D eigenvalue weighted by molar-refractivity contribution is 0.754. The number of nitrogens with zero attached hydrogens (tertiary/aromatic N) is 6. The Morgan fingerprint density at radius 3 is 2.38 bits per heavy atom. The Hall–Kier alpha value is -3.74. The van der Waals surface area contributed by atoms with E-state index < -0.39 is 0 Å². The van der Waals surface area contributed by atoms with Crippen molar-refractivity contribution in [1.29, 1.82) is 0 Å². The summed E-state index contributed by atoms with van der Waals surface area (Å²) in [6.07, 6.45) is 12.7. The van der Waals surface area contributed by atoms with Crippen molar-refractivity contribution in [2.24, 2.45) is 0 Å². The quantitative estimate of drug-likeness (QED) is 0.542. The van der Waals surface area contributed by atoms with Gasteiger partial charge in [0.1, 0.15) is 6.33 Å². The van der Waals surface area contributed by atoms with Gasteiger partial charge in [-0.15, -0.1) is 0 Å². The second kappa shape index (κ2) is 8.52. The van der Waals surface area contributed by atoms with Crippen LogP contribution in [0.5, 0.6) is 0 Å². The van der Waals surface area contributed by atoms with Gasteiger partial charge >= 0.3 is 0 Å². The first kappa shape index (κ1) is 18.6. The van der Waals surface area contributed by atoms with Gasteiger partial charge in [0.2, 0.25) is 5.95 Å². The van der Waals surface area contributed by atoms with Gasteiger partial charge < -0.3 is 5.32 Å². The molecule has 0 aliphatic heterocycles. The van der Waals surface area contributed by atoms with Gasteiger partial charge in [-0.05, 0) is 13.8 Å². The molecule has 0 bridgehead atoms. The third-order valence-electron chi connectivity index (χ3n) is 4.49. The lowest BCUT2D eigenvalue weighted by Crippen LogP contribution is -2.20. The van der Waals surface area contributed by atoms with E-state index in [2.05, 4.69) is 68.3 Å². The van der Waals surface area contributed by atoms with Crippen molar-refractivity contribution in [3.05, 3.63) is 79.0 Å². The van der Waals surface area contributed by atoms with E-state index in [9.17, 15) is 0 Å². The second-order valence-electron chi connectivity index (χ2n) is 6.90. The monoisotopic (exact) mass is 383 g/mol. The Balaban J connectivity index is 1.66. The molecular formula is C22H21N7. The Kier molecular flexibility index (Phi) is 5.47. The summed E-state index contributed by atoms with van der Waals surface area (Å²) in [6.45, 7) is 4.14. The number of nitrogens with one attached hydrogen (secondary N) is 1. The zero-order chi connectivity index (χ0) is 20.1. The molecule has 0 amide bonds. The molecule has 0 fully saturated rings. The van der Waals surface area contributed by atoms with Crippen LogP contribution in [0.1, 0.15) is 18.2 Å². The summed E-state index contributed by atoms with van der Waals surface area (Å²) in [7, 11) is 0. The number of benzene rings is 1. The topological polar surface area (TPSA) is 89.4 Å². The summed E-state index contributed by atoms with van der Waals surface area (Å²) < 4.78 is 0. The average molecular weight is 383 g/mol. The predicted molar refractivity (Wildman–Crippen MR) is 112 cm³/mol. The highest BCUT2D eigenvalue weighted by molar-refractivity contribution is 5.80. The van der Waals surface area contributed by atoms with Gasteiger partial charge in [0.05, 0.1) is 11.4 Å². The molecule has 0 unspecified atom stereocenters. The van der Waals surface area contributed by atoms with E-state index in [0.29, 0.717) is 5.95 Å². The van der Waals surface area contributed by atoms with Crippen LogP contribution in [0.15, 0.2) is 67.8 Å². The summed E-state index contributed by atoms with van der Waals surface area (Å²) in [6, 6.07) is 8.39. The van der Waals surface area contributed by atoms with Gasteiger partial charge in [-0.2, -0.15) is 0 Å². The summed E-state index contributed by atoms with van der Waals surface area (Å²) in [5, 5.41) is 3.37. The largest absolute Gasteiger partial charge is 0.351 e. The van der Waals surface area contributed by atoms with E-state index in [1.807, 2.05) is 6.20 Å². The first-order chi connectivity index (χ1) is 14.2. The normalized spacial score (nSPS) is 11.8. The summed E-state index contributed by atoms with van der Waals surface area (Å²) in [5.74, 6) is 0.567. The van der Waals surface area contributed by atoms with Crippen molar-refractivity contribution in [3.8, 4) is 22.4 Å². The molecule has 0 saturated heterocycles. The van der Waals surface area contributed by atoms with Gasteiger partial charge in [0.25, 0.3) is 0 Å². The molecule has 4 rings (SSSR count). The Bertz CT molecular complexity index is 1070. The molecule has 7 heteroatoms. The number of hydrogen-bond acceptors (Lipinski definition) is 7. The highest BCUT2D eigenvalue weighted by atomic mass is 15.1. The smallest absolute Gasteiger partial charge is 0.223 e. The molecular weight excluding hydrogens is 362 g/mol. The average Bonchev–Trinajstić information content (AvgIpc) is 2.75. The lowest BCUT2D eigenvalue weighted by atomic mass is 10.0. The molecule has 0 aliphatic carbocycles. The zero-order valence-corrected chi connectivity index (χ0v) is 16.3. The van der Waals surface area contributed by atoms with Crippen LogP contribution in [0, 0.1) is 6.92 Å². The number of aromatic nitrogens is 6. The Labute approximate surface area is 169 Å². The highest BCUT2D eigenvalue weighted by Gasteiger charge is 2.14. The molecule has 7 nitrogen and oxygen atoms in total. The Morgan fingerprint density at radius 2 is 1.66 bits per heavy atom. The SMILES string of the molecule is Cc1ccc(-c2nc(N[C@@H](C)Cc3cnccn3)ncc2-c2cncnc2)cc1. The minimum Gasteiger partial charge on any atom is -0.351 e. The number of anilines is 1. The fraction of sp³-hybridized carbons (Fsp3) is 0.182. The molecule has 1 aromatic carbocycles. The van der Waals surface area contributed by atoms with Crippen LogP contribution in [0.2, 0.25) is 0 Å². The van der Waals surface area contributed by atoms with Crippen LogP contribution in [0.3, 0.4) is 0 Å². The van der Waals surface area contributed by atoms with Gasteiger partial charge in [-0.1, -0.05) is 29.8 Å². The van der Waals surface area contributed by atoms with Gasteiger partial charge in [-0.3, -0.25) is 9.97 Å². The van der Waals surface area contributed by atoms with Gasteiger partial charge in [-0.25, -0.2) is 19.9 Å². The van der Waals surface area contributed by atoms with Crippen molar-refractivity contribution in [3.63, 3.8) is 0 Å². The molecule has 1 N–H and O–H groups in total. The number of hydrogen-bond donors (Lipinski definition) is 1. The van der Waals surface area contributed by atoms with E-state index in [4.69, 9.17) is 4.98 Å². The predicted octanol–water partition coefficient (Wildman–Crippen LogP) is 3.74. The van der Waals surface area contributed by atoms with Crippen LogP contribution in [-0.2, 0) is 6.42 Å². The zero-order valence-electron chi connectivity index (χ0n) is 16.3. The molecule has 0 saturated carbocycles. The van der Waals surface area contributed by atoms with Crippen molar-refractivity contribution < 1.29 is 0 Å². The summed E-state index contributed by atoms with van der Waals surface area (Å²) in [5.41, 5.74) is 5.74. The fourth-order valence-electron chi connectivity index (χ4n) is 3.05. The third-order valence-corrected chi connectivity index (χ3v) is 4.49. The number of rotatable bonds is 6. The minimum absolute atomic E-state index is 0.100. The molecule has 1 atom stereocenters. The minimum atomic E-state index is 0.100. The maximum atomic E-state index is 4.82. The molecule has 3 heterocycles. The number of aryl methyl sites for hydroxylation is 1. The van der Waals surface area contributed by atoms with E-state index in [-0.39, 0.29) is 6.04 Å². The fourth-order valence-corrected chi connectivity index (χ4v) is 3.05. The van der Waals surface area contributed by atoms with Gasteiger partial charge in [0, 0.05) is 66.3 Å². The maximum absolute atomic E-state index is 4.82. The van der Waals surface area contributed by atoms with Gasteiger partial charge in [0.15, 0.2) is 0 Å². The molecule has 4 aromatic rings. The van der Waals surface area contributed by atoms with Crippen LogP contribution >= 0.6 is 0 Å². The van der Waals surface area contributed by atoms with Crippen molar-refractivity contribution in [2.45, 2.75) is 26.3 Å². The molecule has 0 spiro atoms. The summed E-state index contributed by atoms with van der Waals surface area (Å²) in [4.78, 5) is 26.1. The molecule has 3 aromatic heterocycles. The standard InChI is InChI=1S/C22H21N7/c1-15-3-5-17(6-4-15)21-20(18-10-24-14-25-11-18)13-27-22(29-21)28-16(2)9-19-12-23-7-8-26-19/h3-8,10-14,16H,9H2,1-2H3,(H,27,28,29)/t16-/m0/s1. The highest BCUT2D eigenvalue weighted by Crippen LogP contribution is 2.30. The van der Waals surface area contributed by atoms with Crippen molar-refractivity contribution in [2.75, 3.05) is 5.32 Å². The molecule has 0 aliphatic rings. The molecule has 144 valence electrons.